The smallest absolute Gasteiger partial charge is 0.410 e. The van der Waals surface area contributed by atoms with Gasteiger partial charge in [0.05, 0.1) is 59.8 Å². The third-order valence-electron chi connectivity index (χ3n) is 18.7. The van der Waals surface area contributed by atoms with Gasteiger partial charge in [0.15, 0.2) is 21.4 Å². The number of aryl methyl sites for hydroxylation is 1. The van der Waals surface area contributed by atoms with Crippen LogP contribution in [0.3, 0.4) is 0 Å². The van der Waals surface area contributed by atoms with Gasteiger partial charge in [0.2, 0.25) is 23.6 Å². The van der Waals surface area contributed by atoms with Crippen LogP contribution >= 0.6 is 0 Å². The lowest BCUT2D eigenvalue weighted by Crippen LogP contribution is -2.65. The highest BCUT2D eigenvalue weighted by Gasteiger charge is 2.45. The van der Waals surface area contributed by atoms with E-state index < -0.39 is 37.7 Å². The second-order valence-corrected chi connectivity index (χ2v) is 31.2. The number of piperazine rings is 3. The number of anilines is 4. The maximum atomic E-state index is 15.0. The summed E-state index contributed by atoms with van der Waals surface area (Å²) in [4.78, 5) is 80.7. The average Bonchev–Trinajstić information content (AvgIpc) is 1.74. The first-order valence-corrected chi connectivity index (χ1v) is 35.0. The summed E-state index contributed by atoms with van der Waals surface area (Å²) in [6.45, 7) is 29.9. The Kier molecular flexibility index (Phi) is 20.7. The number of nitrogens with zero attached hydrogens (tertiary/aromatic N) is 13. The number of aromatic nitrogens is 7. The van der Waals surface area contributed by atoms with E-state index >= 15 is 4.79 Å². The molecular formula is C71H92FN15O9S. The van der Waals surface area contributed by atoms with E-state index in [0.29, 0.717) is 124 Å². The topological polar surface area (TPSA) is 250 Å². The van der Waals surface area contributed by atoms with Crippen LogP contribution in [0, 0.1) is 19.7 Å². The van der Waals surface area contributed by atoms with Crippen LogP contribution in [0.5, 0.6) is 17.4 Å². The third-order valence-corrected chi connectivity index (χ3v) is 21.2. The van der Waals surface area contributed by atoms with Crippen molar-refractivity contribution in [2.75, 3.05) is 113 Å². The van der Waals surface area contributed by atoms with Crippen molar-refractivity contribution in [1.29, 1.82) is 0 Å². The first kappa shape index (κ1) is 69.8. The van der Waals surface area contributed by atoms with Gasteiger partial charge < -0.3 is 43.9 Å². The molecule has 3 fully saturated rings. The maximum absolute atomic E-state index is 15.0. The molecule has 0 bridgehead atoms. The highest BCUT2D eigenvalue weighted by atomic mass is 32.2. The first-order valence-electron chi connectivity index (χ1n) is 33.5. The van der Waals surface area contributed by atoms with Crippen LogP contribution in [0.1, 0.15) is 109 Å². The number of benzene rings is 3. The van der Waals surface area contributed by atoms with E-state index in [4.69, 9.17) is 23.9 Å². The fourth-order valence-corrected chi connectivity index (χ4v) is 14.1. The van der Waals surface area contributed by atoms with Crippen LogP contribution in [0.25, 0.3) is 10.9 Å². The number of nitrogens with one attached hydrogen (secondary N) is 2. The Labute approximate surface area is 568 Å². The van der Waals surface area contributed by atoms with E-state index in [0.717, 1.165) is 53.3 Å². The standard InChI is InChI=1S/C71H92FN15O9S/c1-46-39-85(42-61(88)87-44-71(11,12)62-58(87)34-52(33-50-19-21-53(72)22-20-50)65(77-62)95-43-51-17-14-13-15-18-51)54(41-86(46)68(90)96-69(5,6)7)40-84-29-28-82(66(89)49(84)4)30-32-93-55-37-73-67(74-38-55)83-26-24-81(25-27-83)23-16-31-94-59-36-57-56(35-60(59)97(91,92)70(8,9)10)64(76-45-75-57)78-63-47(2)48(3)79-80-63/h13-15,17-22,34-38,45-46,49,54H,16,23-33,39-44H2,1-12H3,(H2,75,76,78,79,80)/t46-,49-,54+/m1/s1. The number of ether oxygens (including phenoxy) is 4. The second kappa shape index (κ2) is 28.8. The Morgan fingerprint density at radius 1 is 0.804 bits per heavy atom. The molecule has 3 saturated heterocycles. The van der Waals surface area contributed by atoms with Gasteiger partial charge in [-0.1, -0.05) is 56.3 Å². The van der Waals surface area contributed by atoms with E-state index in [9.17, 15) is 22.4 Å². The molecule has 0 spiro atoms. The number of carbonyl (C=O) groups is 3. The SMILES string of the molecule is Cc1[nH]nc(Nc2ncnc3cc(OCCCN4CCN(c5ncc(OCCN6CCN(C[C@H]7CN(C(=O)OC(C)(C)C)[C@H](C)CN7CC(=O)N7CC(C)(C)c8nc(OCc9ccccc9)c(Cc9ccc(F)cc9)cc87)[C@H](C)C6=O)cn5)CC4)c(S(=O)(=O)C(C)(C)C)cc23)c1C. The summed E-state index contributed by atoms with van der Waals surface area (Å²) in [6.07, 6.45) is 5.40. The van der Waals surface area contributed by atoms with Crippen LogP contribution in [-0.2, 0) is 42.6 Å². The molecule has 3 amide bonds. The van der Waals surface area contributed by atoms with Crippen LogP contribution in [-0.4, -0.2) is 213 Å². The average molecular weight is 1350 g/mol. The minimum absolute atomic E-state index is 0.0450. The highest BCUT2D eigenvalue weighted by Crippen LogP contribution is 2.43. The van der Waals surface area contributed by atoms with Crippen molar-refractivity contribution >= 4 is 61.9 Å². The number of pyridine rings is 1. The summed E-state index contributed by atoms with van der Waals surface area (Å²) in [5.41, 5.74) is 5.20. The maximum Gasteiger partial charge on any atom is 0.410 e. The summed E-state index contributed by atoms with van der Waals surface area (Å²) >= 11 is 0. The zero-order valence-electron chi connectivity index (χ0n) is 57.9. The molecular weight excluding hydrogens is 1260 g/mol. The molecule has 0 saturated carbocycles. The number of fused-ring (bicyclic) bond motifs is 2. The number of amides is 3. The fraction of sp³-hybridized carbons (Fsp3) is 0.507. The van der Waals surface area contributed by atoms with E-state index in [-0.39, 0.29) is 60.1 Å². The van der Waals surface area contributed by atoms with E-state index in [1.165, 1.54) is 18.5 Å². The van der Waals surface area contributed by atoms with Crippen LogP contribution in [0.4, 0.5) is 32.5 Å². The normalized spacial score (nSPS) is 18.9. The lowest BCUT2D eigenvalue weighted by molar-refractivity contribution is -0.142. The van der Waals surface area contributed by atoms with Gasteiger partial charge in [-0.2, -0.15) is 5.10 Å². The molecule has 24 nitrogen and oxygen atoms in total. The molecule has 7 aromatic rings. The lowest BCUT2D eigenvalue weighted by Gasteiger charge is -2.48. The molecule has 4 aliphatic rings. The Balaban J connectivity index is 0.672. The zero-order valence-corrected chi connectivity index (χ0v) is 58.7. The molecule has 2 N–H and O–H groups in total. The van der Waals surface area contributed by atoms with Crippen molar-refractivity contribution in [1.82, 2.24) is 59.6 Å². The molecule has 26 heteroatoms. The number of hydrogen-bond donors (Lipinski definition) is 2. The second-order valence-electron chi connectivity index (χ2n) is 28.5. The van der Waals surface area contributed by atoms with Crippen molar-refractivity contribution in [2.24, 2.45) is 0 Å². The third kappa shape index (κ3) is 16.2. The van der Waals surface area contributed by atoms with Gasteiger partial charge >= 0.3 is 6.09 Å². The monoisotopic (exact) mass is 1350 g/mol. The van der Waals surface area contributed by atoms with Gasteiger partial charge in [-0.05, 0) is 111 Å². The summed E-state index contributed by atoms with van der Waals surface area (Å²) < 4.78 is 65.8. The van der Waals surface area contributed by atoms with Crippen LogP contribution in [0.2, 0.25) is 0 Å². The quantitative estimate of drug-likeness (QED) is 0.0601. The molecule has 8 heterocycles. The van der Waals surface area contributed by atoms with Gasteiger partial charge in [-0.25, -0.2) is 42.5 Å². The number of rotatable bonds is 22. The lowest BCUT2D eigenvalue weighted by atomic mass is 9.91. The minimum atomic E-state index is -3.84. The number of halogens is 1. The summed E-state index contributed by atoms with van der Waals surface area (Å²) in [5, 5.41) is 11.1. The van der Waals surface area contributed by atoms with Crippen molar-refractivity contribution in [3.05, 3.63) is 131 Å². The van der Waals surface area contributed by atoms with E-state index in [1.807, 2.05) is 94.7 Å². The predicted molar refractivity (Wildman–Crippen MR) is 369 cm³/mol. The van der Waals surface area contributed by atoms with Crippen molar-refractivity contribution in [3.8, 4) is 17.4 Å². The molecule has 3 aromatic carbocycles. The van der Waals surface area contributed by atoms with Gasteiger partial charge in [-0.3, -0.25) is 29.4 Å². The number of aromatic amines is 1. The number of sulfone groups is 1. The van der Waals surface area contributed by atoms with E-state index in [2.05, 4.69) is 68.9 Å². The molecule has 97 heavy (non-hydrogen) atoms. The molecule has 11 rings (SSSR count). The van der Waals surface area contributed by atoms with Crippen LogP contribution in [0.15, 0.2) is 96.4 Å². The Hall–Kier alpha value is -8.59. The zero-order chi connectivity index (χ0) is 69.1. The first-order chi connectivity index (χ1) is 46.1. The number of carbonyl (C=O) groups excluding carboxylic acids is 3. The van der Waals surface area contributed by atoms with Gasteiger partial charge in [0, 0.05) is 124 Å². The molecule has 4 aromatic heterocycles. The van der Waals surface area contributed by atoms with E-state index in [1.54, 1.807) is 62.3 Å². The molecule has 0 aliphatic carbocycles. The molecule has 3 atom stereocenters. The molecule has 4 aliphatic heterocycles. The summed E-state index contributed by atoms with van der Waals surface area (Å²) in [6, 6.07) is 20.4. The van der Waals surface area contributed by atoms with Crippen molar-refractivity contribution in [3.63, 3.8) is 0 Å². The van der Waals surface area contributed by atoms with Crippen molar-refractivity contribution in [2.45, 2.75) is 141 Å². The number of H-pyrrole nitrogens is 1. The predicted octanol–water partition coefficient (Wildman–Crippen LogP) is 8.92. The molecule has 0 radical (unpaired) electrons. The highest BCUT2D eigenvalue weighted by molar-refractivity contribution is 7.92. The van der Waals surface area contributed by atoms with Gasteiger partial charge in [0.25, 0.3) is 0 Å². The Morgan fingerprint density at radius 2 is 1.54 bits per heavy atom. The van der Waals surface area contributed by atoms with Gasteiger partial charge in [-0.15, -0.1) is 0 Å². The largest absolute Gasteiger partial charge is 0.492 e. The van der Waals surface area contributed by atoms with Gasteiger partial charge in [0.1, 0.15) is 47.4 Å². The van der Waals surface area contributed by atoms with Crippen molar-refractivity contribution < 1.29 is 46.1 Å². The number of hydrogen-bond acceptors (Lipinski definition) is 20. The Bertz CT molecular complexity index is 4070. The molecule has 518 valence electrons. The fourth-order valence-electron chi connectivity index (χ4n) is 12.8. The van der Waals surface area contributed by atoms with Crippen LogP contribution < -0.4 is 29.3 Å². The molecule has 0 unspecified atom stereocenters. The minimum Gasteiger partial charge on any atom is -0.492 e. The summed E-state index contributed by atoms with van der Waals surface area (Å²) in [7, 11) is -3.84. The Morgan fingerprint density at radius 3 is 2.23 bits per heavy atom. The summed E-state index contributed by atoms with van der Waals surface area (Å²) in [5.74, 6) is 2.34.